The number of halogens is 1. The summed E-state index contributed by atoms with van der Waals surface area (Å²) in [6.45, 7) is 3.38. The number of carboxylic acids is 1. The third kappa shape index (κ3) is 6.39. The second kappa shape index (κ2) is 12.3. The Morgan fingerprint density at radius 1 is 1.11 bits per heavy atom. The van der Waals surface area contributed by atoms with E-state index in [0.717, 1.165) is 53.8 Å². The number of ether oxygens (including phenoxy) is 2. The molecular formula is C29H35FN2O4. The molecule has 0 atom stereocenters. The molecule has 1 aromatic heterocycles. The molecule has 0 aliphatic heterocycles. The van der Waals surface area contributed by atoms with Gasteiger partial charge < -0.3 is 14.6 Å². The van der Waals surface area contributed by atoms with E-state index in [1.165, 1.54) is 0 Å². The van der Waals surface area contributed by atoms with Gasteiger partial charge in [-0.3, -0.25) is 4.68 Å². The predicted octanol–water partition coefficient (Wildman–Crippen LogP) is 5.76. The second-order valence-electron chi connectivity index (χ2n) is 9.74. The van der Waals surface area contributed by atoms with Crippen molar-refractivity contribution in [2.24, 2.45) is 11.8 Å². The third-order valence-corrected chi connectivity index (χ3v) is 6.99. The molecule has 0 unspecified atom stereocenters. The van der Waals surface area contributed by atoms with E-state index in [9.17, 15) is 4.79 Å². The molecule has 0 spiro atoms. The topological polar surface area (TPSA) is 73.6 Å². The number of carboxylic acid groups (broad SMARTS) is 1. The summed E-state index contributed by atoms with van der Waals surface area (Å²) >= 11 is 0. The average molecular weight is 495 g/mol. The lowest BCUT2D eigenvalue weighted by Gasteiger charge is -2.28. The summed E-state index contributed by atoms with van der Waals surface area (Å²) in [5.74, 6) is -0.390. The highest BCUT2D eigenvalue weighted by Gasteiger charge is 2.27. The van der Waals surface area contributed by atoms with Crippen LogP contribution in [-0.2, 0) is 27.2 Å². The molecule has 1 saturated carbocycles. The van der Waals surface area contributed by atoms with Crippen LogP contribution in [0.3, 0.4) is 0 Å². The van der Waals surface area contributed by atoms with Gasteiger partial charge in [-0.05, 0) is 67.7 Å². The molecule has 1 heterocycles. The van der Waals surface area contributed by atoms with Gasteiger partial charge >= 0.3 is 5.97 Å². The molecular weight excluding hydrogens is 459 g/mol. The van der Waals surface area contributed by atoms with E-state index in [2.05, 4.69) is 12.1 Å². The van der Waals surface area contributed by atoms with E-state index in [1.54, 1.807) is 13.2 Å². The lowest BCUT2D eigenvalue weighted by atomic mass is 9.82. The third-order valence-electron chi connectivity index (χ3n) is 6.99. The van der Waals surface area contributed by atoms with E-state index < -0.39 is 5.97 Å². The highest BCUT2D eigenvalue weighted by atomic mass is 19.1. The number of hydrogen-bond donors (Lipinski definition) is 1. The summed E-state index contributed by atoms with van der Waals surface area (Å²) < 4.78 is 28.1. The van der Waals surface area contributed by atoms with Crippen molar-refractivity contribution in [1.82, 2.24) is 9.78 Å². The Morgan fingerprint density at radius 2 is 1.83 bits per heavy atom. The second-order valence-corrected chi connectivity index (χ2v) is 9.74. The molecule has 0 radical (unpaired) electrons. The lowest BCUT2D eigenvalue weighted by molar-refractivity contribution is -0.142. The van der Waals surface area contributed by atoms with Crippen LogP contribution in [0.1, 0.15) is 36.9 Å². The number of hydrogen-bond acceptors (Lipinski definition) is 4. The fourth-order valence-electron chi connectivity index (χ4n) is 5.15. The number of methoxy groups -OCH3 is 1. The van der Waals surface area contributed by atoms with Gasteiger partial charge in [0.05, 0.1) is 24.6 Å². The Bertz CT molecular complexity index is 1150. The zero-order valence-corrected chi connectivity index (χ0v) is 21.1. The molecule has 0 saturated heterocycles. The van der Waals surface area contributed by atoms with E-state index in [4.69, 9.17) is 19.7 Å². The fraction of sp³-hybridized carbons (Fsp3) is 0.448. The SMILES string of the molecule is COCCc1nn(C[C@H]2CC[C@H](COCC(=O)O)CC2)c(-c2ccc(C)cc2F)c1-c1ccccc1. The van der Waals surface area contributed by atoms with E-state index >= 15 is 4.39 Å². The monoisotopic (exact) mass is 494 g/mol. The summed E-state index contributed by atoms with van der Waals surface area (Å²) in [4.78, 5) is 10.7. The van der Waals surface area contributed by atoms with Gasteiger partial charge in [-0.25, -0.2) is 9.18 Å². The summed E-state index contributed by atoms with van der Waals surface area (Å²) in [6.07, 6.45) is 4.63. The first-order valence-electron chi connectivity index (χ1n) is 12.7. The van der Waals surface area contributed by atoms with Crippen molar-refractivity contribution in [3.8, 4) is 22.4 Å². The van der Waals surface area contributed by atoms with Crippen LogP contribution in [0.25, 0.3) is 22.4 Å². The summed E-state index contributed by atoms with van der Waals surface area (Å²) in [6, 6.07) is 15.5. The molecule has 7 heteroatoms. The number of aliphatic carboxylic acids is 1. The molecule has 2 aromatic carbocycles. The number of nitrogens with zero attached hydrogens (tertiary/aromatic N) is 2. The molecule has 0 amide bonds. The van der Waals surface area contributed by atoms with Crippen molar-refractivity contribution in [3.63, 3.8) is 0 Å². The van der Waals surface area contributed by atoms with Crippen LogP contribution in [0.4, 0.5) is 4.39 Å². The highest BCUT2D eigenvalue weighted by Crippen LogP contribution is 2.39. The highest BCUT2D eigenvalue weighted by molar-refractivity contribution is 5.83. The Balaban J connectivity index is 1.65. The van der Waals surface area contributed by atoms with Crippen LogP contribution >= 0.6 is 0 Å². The summed E-state index contributed by atoms with van der Waals surface area (Å²) in [7, 11) is 1.68. The largest absolute Gasteiger partial charge is 0.480 e. The van der Waals surface area contributed by atoms with Crippen molar-refractivity contribution in [2.45, 2.75) is 45.6 Å². The van der Waals surface area contributed by atoms with Crippen LogP contribution in [0.15, 0.2) is 48.5 Å². The minimum atomic E-state index is -0.934. The van der Waals surface area contributed by atoms with Gasteiger partial charge in [0.25, 0.3) is 0 Å². The van der Waals surface area contributed by atoms with Crippen LogP contribution < -0.4 is 0 Å². The maximum atomic E-state index is 15.4. The van der Waals surface area contributed by atoms with E-state index in [-0.39, 0.29) is 12.4 Å². The molecule has 1 N–H and O–H groups in total. The van der Waals surface area contributed by atoms with Gasteiger partial charge in [0.2, 0.25) is 0 Å². The number of aryl methyl sites for hydroxylation is 1. The fourth-order valence-corrected chi connectivity index (χ4v) is 5.15. The summed E-state index contributed by atoms with van der Waals surface area (Å²) in [5, 5.41) is 13.8. The number of carbonyl (C=O) groups is 1. The Kier molecular flexibility index (Phi) is 8.88. The predicted molar refractivity (Wildman–Crippen MR) is 137 cm³/mol. The van der Waals surface area contributed by atoms with Crippen LogP contribution in [-0.4, -0.2) is 47.8 Å². The van der Waals surface area contributed by atoms with Gasteiger partial charge in [0, 0.05) is 31.2 Å². The molecule has 1 aliphatic rings. The average Bonchev–Trinajstić information content (AvgIpc) is 3.21. The maximum Gasteiger partial charge on any atom is 0.329 e. The molecule has 1 fully saturated rings. The molecule has 3 aromatic rings. The quantitative estimate of drug-likeness (QED) is 0.367. The van der Waals surface area contributed by atoms with Crippen molar-refractivity contribution < 1.29 is 23.8 Å². The van der Waals surface area contributed by atoms with Gasteiger partial charge in [0.15, 0.2) is 0 Å². The van der Waals surface area contributed by atoms with Crippen LogP contribution in [0.2, 0.25) is 0 Å². The van der Waals surface area contributed by atoms with Crippen molar-refractivity contribution in [2.75, 3.05) is 26.9 Å². The van der Waals surface area contributed by atoms with Gasteiger partial charge in [0.1, 0.15) is 12.4 Å². The number of rotatable bonds is 11. The van der Waals surface area contributed by atoms with Crippen molar-refractivity contribution >= 4 is 5.97 Å². The zero-order valence-electron chi connectivity index (χ0n) is 21.1. The minimum absolute atomic E-state index is 0.245. The maximum absolute atomic E-state index is 15.4. The van der Waals surface area contributed by atoms with E-state index in [1.807, 2.05) is 41.9 Å². The molecule has 0 bridgehead atoms. The Hall–Kier alpha value is -3.03. The van der Waals surface area contributed by atoms with Gasteiger partial charge in [-0.1, -0.05) is 36.4 Å². The first-order valence-corrected chi connectivity index (χ1v) is 12.7. The molecule has 192 valence electrons. The summed E-state index contributed by atoms with van der Waals surface area (Å²) in [5.41, 5.74) is 5.15. The Labute approximate surface area is 212 Å². The minimum Gasteiger partial charge on any atom is -0.480 e. The molecule has 1 aliphatic carbocycles. The standard InChI is InChI=1S/C29H35FN2O4/c1-20-8-13-24(25(30)16-20)29-28(23-6-4-3-5-7-23)26(14-15-35-2)31-32(29)17-21-9-11-22(12-10-21)18-36-19-27(33)34/h3-8,13,16,21-22H,9-12,14-15,17-19H2,1-2H3,(H,33,34)/t21-,22-. The molecule has 36 heavy (non-hydrogen) atoms. The molecule has 6 nitrogen and oxygen atoms in total. The van der Waals surface area contributed by atoms with Gasteiger partial charge in [-0.2, -0.15) is 5.10 Å². The Morgan fingerprint density at radius 3 is 2.50 bits per heavy atom. The number of aromatic nitrogens is 2. The van der Waals surface area contributed by atoms with Crippen LogP contribution in [0.5, 0.6) is 0 Å². The zero-order chi connectivity index (χ0) is 25.5. The normalized spacial score (nSPS) is 17.9. The van der Waals surface area contributed by atoms with E-state index in [0.29, 0.717) is 43.6 Å². The number of benzene rings is 2. The van der Waals surface area contributed by atoms with Crippen molar-refractivity contribution in [3.05, 3.63) is 65.6 Å². The first kappa shape index (κ1) is 26.0. The van der Waals surface area contributed by atoms with Crippen molar-refractivity contribution in [1.29, 1.82) is 0 Å². The van der Waals surface area contributed by atoms with Gasteiger partial charge in [-0.15, -0.1) is 0 Å². The first-order chi connectivity index (χ1) is 17.5. The van der Waals surface area contributed by atoms with Crippen LogP contribution in [0, 0.1) is 24.6 Å². The lowest BCUT2D eigenvalue weighted by Crippen LogP contribution is -2.23. The molecule has 4 rings (SSSR count). The smallest absolute Gasteiger partial charge is 0.329 e.